The third-order valence-corrected chi connectivity index (χ3v) is 3.18. The molecule has 0 bridgehead atoms. The second kappa shape index (κ2) is 5.18. The number of hydrogen-bond donors (Lipinski definition) is 0. The van der Waals surface area contributed by atoms with E-state index in [1.54, 1.807) is 14.2 Å². The second-order valence-corrected chi connectivity index (χ2v) is 4.72. The largest absolute Gasteiger partial charge is 0.493 e. The van der Waals surface area contributed by atoms with Crippen LogP contribution in [0.4, 0.5) is 5.69 Å². The summed E-state index contributed by atoms with van der Waals surface area (Å²) in [5.74, 6) is 1.36. The second-order valence-electron chi connectivity index (χ2n) is 4.72. The highest BCUT2D eigenvalue weighted by molar-refractivity contribution is 5.63. The fourth-order valence-corrected chi connectivity index (χ4v) is 1.71. The van der Waals surface area contributed by atoms with Crippen LogP contribution in [0.15, 0.2) is 12.1 Å². The number of nitriles is 1. The van der Waals surface area contributed by atoms with Crippen molar-refractivity contribution in [3.05, 3.63) is 17.7 Å². The predicted molar refractivity (Wildman–Crippen MR) is 72.4 cm³/mol. The van der Waals surface area contributed by atoms with Crippen LogP contribution >= 0.6 is 0 Å². The Morgan fingerprint density at radius 1 is 1.17 bits per heavy atom. The van der Waals surface area contributed by atoms with E-state index in [0.29, 0.717) is 11.5 Å². The van der Waals surface area contributed by atoms with Crippen LogP contribution in [0.25, 0.3) is 0 Å². The van der Waals surface area contributed by atoms with Gasteiger partial charge in [-0.05, 0) is 32.4 Å². The van der Waals surface area contributed by atoms with Gasteiger partial charge < -0.3 is 14.4 Å². The summed E-state index contributed by atoms with van der Waals surface area (Å²) < 4.78 is 10.5. The monoisotopic (exact) mass is 248 g/mol. The summed E-state index contributed by atoms with van der Waals surface area (Å²) in [7, 11) is 5.11. The van der Waals surface area contributed by atoms with Crippen LogP contribution in [0.5, 0.6) is 11.5 Å². The smallest absolute Gasteiger partial charge is 0.162 e. The lowest BCUT2D eigenvalue weighted by molar-refractivity contribution is 0.354. The average Bonchev–Trinajstić information content (AvgIpc) is 2.37. The SMILES string of the molecule is COc1cc(C)c(N(C)C(C)(C)C#N)cc1OC. The van der Waals surface area contributed by atoms with Gasteiger partial charge in [0.25, 0.3) is 0 Å². The molecule has 0 spiro atoms. The van der Waals surface area contributed by atoms with Crippen molar-refractivity contribution >= 4 is 5.69 Å². The zero-order valence-corrected chi connectivity index (χ0v) is 11.9. The van der Waals surface area contributed by atoms with E-state index in [1.165, 1.54) is 0 Å². The van der Waals surface area contributed by atoms with Crippen molar-refractivity contribution in [2.75, 3.05) is 26.2 Å². The first-order valence-corrected chi connectivity index (χ1v) is 5.75. The van der Waals surface area contributed by atoms with Gasteiger partial charge in [-0.2, -0.15) is 5.26 Å². The van der Waals surface area contributed by atoms with Gasteiger partial charge in [0.2, 0.25) is 0 Å². The first-order chi connectivity index (χ1) is 8.37. The number of benzene rings is 1. The summed E-state index contributed by atoms with van der Waals surface area (Å²) in [6.45, 7) is 5.74. The number of ether oxygens (including phenoxy) is 2. The molecule has 0 heterocycles. The molecule has 18 heavy (non-hydrogen) atoms. The van der Waals surface area contributed by atoms with E-state index in [9.17, 15) is 5.26 Å². The van der Waals surface area contributed by atoms with Crippen molar-refractivity contribution in [1.29, 1.82) is 5.26 Å². The van der Waals surface area contributed by atoms with Crippen molar-refractivity contribution < 1.29 is 9.47 Å². The molecule has 0 aliphatic rings. The van der Waals surface area contributed by atoms with Crippen LogP contribution in [-0.4, -0.2) is 26.8 Å². The van der Waals surface area contributed by atoms with Gasteiger partial charge in [0, 0.05) is 18.8 Å². The molecule has 0 atom stereocenters. The van der Waals surface area contributed by atoms with Crippen LogP contribution < -0.4 is 14.4 Å². The lowest BCUT2D eigenvalue weighted by Crippen LogP contribution is -2.40. The summed E-state index contributed by atoms with van der Waals surface area (Å²) in [5.41, 5.74) is 1.42. The van der Waals surface area contributed by atoms with Crippen LogP contribution in [0.2, 0.25) is 0 Å². The maximum absolute atomic E-state index is 9.20. The van der Waals surface area contributed by atoms with Crippen molar-refractivity contribution in [1.82, 2.24) is 0 Å². The summed E-state index contributed by atoms with van der Waals surface area (Å²) in [6, 6.07) is 6.10. The van der Waals surface area contributed by atoms with Gasteiger partial charge in [0.05, 0.1) is 20.3 Å². The summed E-state index contributed by atoms with van der Waals surface area (Å²) >= 11 is 0. The highest BCUT2D eigenvalue weighted by Crippen LogP contribution is 2.36. The van der Waals surface area contributed by atoms with Gasteiger partial charge in [-0.3, -0.25) is 0 Å². The van der Waals surface area contributed by atoms with E-state index in [4.69, 9.17) is 9.47 Å². The fraction of sp³-hybridized carbons (Fsp3) is 0.500. The Kier molecular flexibility index (Phi) is 4.07. The van der Waals surface area contributed by atoms with Crippen molar-refractivity contribution in [2.24, 2.45) is 0 Å². The Morgan fingerprint density at radius 3 is 2.11 bits per heavy atom. The van der Waals surface area contributed by atoms with Crippen LogP contribution in [0.3, 0.4) is 0 Å². The molecule has 98 valence electrons. The Hall–Kier alpha value is -1.89. The molecule has 0 fully saturated rings. The van der Waals surface area contributed by atoms with E-state index < -0.39 is 5.54 Å². The number of methoxy groups -OCH3 is 2. The molecule has 0 radical (unpaired) electrons. The fourth-order valence-electron chi connectivity index (χ4n) is 1.71. The predicted octanol–water partition coefficient (Wildman–Crippen LogP) is 2.75. The van der Waals surface area contributed by atoms with E-state index in [2.05, 4.69) is 6.07 Å². The summed E-state index contributed by atoms with van der Waals surface area (Å²) in [4.78, 5) is 1.93. The third-order valence-electron chi connectivity index (χ3n) is 3.18. The maximum Gasteiger partial charge on any atom is 0.162 e. The number of aryl methyl sites for hydroxylation is 1. The molecule has 0 unspecified atom stereocenters. The molecular weight excluding hydrogens is 228 g/mol. The lowest BCUT2D eigenvalue weighted by Gasteiger charge is -2.32. The number of hydrogen-bond acceptors (Lipinski definition) is 4. The van der Waals surface area contributed by atoms with Gasteiger partial charge in [-0.25, -0.2) is 0 Å². The Bertz CT molecular complexity index is 475. The summed E-state index contributed by atoms with van der Waals surface area (Å²) in [5, 5.41) is 9.20. The molecule has 4 nitrogen and oxygen atoms in total. The zero-order chi connectivity index (χ0) is 13.9. The van der Waals surface area contributed by atoms with E-state index >= 15 is 0 Å². The minimum absolute atomic E-state index is 0.579. The van der Waals surface area contributed by atoms with Crippen molar-refractivity contribution in [2.45, 2.75) is 26.3 Å². The molecule has 1 aromatic carbocycles. The molecule has 1 rings (SSSR count). The standard InChI is InChI=1S/C14H20N2O2/c1-10-7-12(17-5)13(18-6)8-11(10)16(4)14(2,3)9-15/h7-8H,1-6H3. The highest BCUT2D eigenvalue weighted by Gasteiger charge is 2.25. The Labute approximate surface area is 109 Å². The van der Waals surface area contributed by atoms with Crippen LogP contribution in [0, 0.1) is 18.3 Å². The Morgan fingerprint density at radius 2 is 1.67 bits per heavy atom. The molecule has 4 heteroatoms. The number of nitrogens with zero attached hydrogens (tertiary/aromatic N) is 2. The Balaban J connectivity index is 3.30. The van der Waals surface area contributed by atoms with E-state index in [1.807, 2.05) is 44.9 Å². The molecule has 0 aliphatic carbocycles. The van der Waals surface area contributed by atoms with Crippen LogP contribution in [0.1, 0.15) is 19.4 Å². The van der Waals surface area contributed by atoms with E-state index in [0.717, 1.165) is 11.3 Å². The normalized spacial score (nSPS) is 10.7. The average molecular weight is 248 g/mol. The topological polar surface area (TPSA) is 45.5 Å². The molecule has 0 aliphatic heterocycles. The summed E-state index contributed by atoms with van der Waals surface area (Å²) in [6.07, 6.45) is 0. The third kappa shape index (κ3) is 2.51. The first kappa shape index (κ1) is 14.2. The molecular formula is C14H20N2O2. The van der Waals surface area contributed by atoms with Gasteiger partial charge in [0.15, 0.2) is 11.5 Å². The maximum atomic E-state index is 9.20. The number of anilines is 1. The zero-order valence-electron chi connectivity index (χ0n) is 11.9. The van der Waals surface area contributed by atoms with Gasteiger partial charge in [-0.15, -0.1) is 0 Å². The molecule has 0 N–H and O–H groups in total. The lowest BCUT2D eigenvalue weighted by atomic mass is 10.0. The minimum Gasteiger partial charge on any atom is -0.493 e. The highest BCUT2D eigenvalue weighted by atomic mass is 16.5. The molecule has 0 aromatic heterocycles. The molecule has 0 saturated carbocycles. The van der Waals surface area contributed by atoms with Crippen molar-refractivity contribution in [3.8, 4) is 17.6 Å². The minimum atomic E-state index is -0.579. The van der Waals surface area contributed by atoms with Crippen molar-refractivity contribution in [3.63, 3.8) is 0 Å². The first-order valence-electron chi connectivity index (χ1n) is 5.75. The molecule has 0 saturated heterocycles. The van der Waals surface area contributed by atoms with Crippen LogP contribution in [-0.2, 0) is 0 Å². The molecule has 1 aromatic rings. The molecule has 0 amide bonds. The van der Waals surface area contributed by atoms with Gasteiger partial charge in [-0.1, -0.05) is 0 Å². The quantitative estimate of drug-likeness (QED) is 0.822. The van der Waals surface area contributed by atoms with Gasteiger partial charge in [0.1, 0.15) is 5.54 Å². The van der Waals surface area contributed by atoms with E-state index in [-0.39, 0.29) is 0 Å². The van der Waals surface area contributed by atoms with Gasteiger partial charge >= 0.3 is 0 Å². The number of rotatable bonds is 4.